The second-order valence-electron chi connectivity index (χ2n) is 4.24. The molecule has 1 fully saturated rings. The number of likely N-dealkylation sites (tertiary alicyclic amines) is 1. The molecule has 1 heterocycles. The molecule has 2 amide bonds. The van der Waals surface area contributed by atoms with Gasteiger partial charge in [-0.1, -0.05) is 0 Å². The highest BCUT2D eigenvalue weighted by atomic mass is 19.2. The highest BCUT2D eigenvalue weighted by Gasteiger charge is 2.34. The number of nitrogens with one attached hydrogen (secondary N) is 1. The number of rotatable bonds is 2. The smallest absolute Gasteiger partial charge is 0.231 e. The fraction of sp³-hybridized carbons (Fsp3) is 0.333. The van der Waals surface area contributed by atoms with Gasteiger partial charge in [-0.25, -0.2) is 8.78 Å². The van der Waals surface area contributed by atoms with Gasteiger partial charge in [-0.2, -0.15) is 0 Å². The Hall–Kier alpha value is -1.98. The number of hydrogen-bond donors (Lipinski definition) is 1. The fourth-order valence-corrected chi connectivity index (χ4v) is 1.72. The minimum Gasteiger partial charge on any atom is -0.341 e. The molecule has 0 unspecified atom stereocenters. The Labute approximate surface area is 103 Å². The molecule has 18 heavy (non-hydrogen) atoms. The maximum Gasteiger partial charge on any atom is 0.231 e. The van der Waals surface area contributed by atoms with Crippen molar-refractivity contribution in [3.8, 4) is 0 Å². The first-order chi connectivity index (χ1) is 8.47. The van der Waals surface area contributed by atoms with Gasteiger partial charge in [-0.3, -0.25) is 9.59 Å². The summed E-state index contributed by atoms with van der Waals surface area (Å²) in [6.45, 7) is 2.17. The largest absolute Gasteiger partial charge is 0.341 e. The van der Waals surface area contributed by atoms with Crippen molar-refractivity contribution in [2.45, 2.75) is 6.92 Å². The minimum absolute atomic E-state index is 0.0770. The number of benzene rings is 1. The van der Waals surface area contributed by atoms with Gasteiger partial charge in [-0.15, -0.1) is 0 Å². The van der Waals surface area contributed by atoms with Crippen LogP contribution >= 0.6 is 0 Å². The van der Waals surface area contributed by atoms with E-state index in [0.717, 1.165) is 12.1 Å². The van der Waals surface area contributed by atoms with E-state index in [1.165, 1.54) is 17.9 Å². The summed E-state index contributed by atoms with van der Waals surface area (Å²) >= 11 is 0. The molecule has 1 saturated heterocycles. The summed E-state index contributed by atoms with van der Waals surface area (Å²) in [6.07, 6.45) is 0. The normalized spacial score (nSPS) is 15.2. The third-order valence-electron chi connectivity index (χ3n) is 2.88. The van der Waals surface area contributed by atoms with Crippen LogP contribution in [0.15, 0.2) is 18.2 Å². The van der Waals surface area contributed by atoms with Gasteiger partial charge < -0.3 is 10.2 Å². The van der Waals surface area contributed by atoms with E-state index in [0.29, 0.717) is 13.1 Å². The van der Waals surface area contributed by atoms with Crippen LogP contribution in [0.2, 0.25) is 0 Å². The number of anilines is 1. The van der Waals surface area contributed by atoms with Crippen LogP contribution in [-0.4, -0.2) is 29.8 Å². The van der Waals surface area contributed by atoms with Crippen LogP contribution in [0.4, 0.5) is 14.5 Å². The maximum atomic E-state index is 12.9. The number of halogens is 2. The lowest BCUT2D eigenvalue weighted by Crippen LogP contribution is -2.53. The molecule has 1 aliphatic heterocycles. The number of carbonyl (C=O) groups is 2. The van der Waals surface area contributed by atoms with Crippen molar-refractivity contribution in [2.75, 3.05) is 18.4 Å². The number of hydrogen-bond acceptors (Lipinski definition) is 2. The van der Waals surface area contributed by atoms with E-state index in [4.69, 9.17) is 0 Å². The zero-order valence-corrected chi connectivity index (χ0v) is 9.74. The molecular formula is C12H12F2N2O2. The van der Waals surface area contributed by atoms with Crippen LogP contribution in [0.25, 0.3) is 0 Å². The molecule has 0 bridgehead atoms. The third kappa shape index (κ3) is 2.47. The summed E-state index contributed by atoms with van der Waals surface area (Å²) in [6, 6.07) is 3.17. The van der Waals surface area contributed by atoms with Crippen LogP contribution in [0.1, 0.15) is 6.92 Å². The molecule has 0 aliphatic carbocycles. The molecule has 2 rings (SSSR count). The Kier molecular flexibility index (Phi) is 3.27. The van der Waals surface area contributed by atoms with Gasteiger partial charge in [0.2, 0.25) is 11.8 Å². The van der Waals surface area contributed by atoms with Crippen LogP contribution < -0.4 is 5.32 Å². The summed E-state index contributed by atoms with van der Waals surface area (Å²) < 4.78 is 25.6. The van der Waals surface area contributed by atoms with Crippen molar-refractivity contribution >= 4 is 17.5 Å². The van der Waals surface area contributed by atoms with Crippen molar-refractivity contribution in [3.05, 3.63) is 29.8 Å². The second kappa shape index (κ2) is 4.72. The van der Waals surface area contributed by atoms with Crippen molar-refractivity contribution < 1.29 is 18.4 Å². The van der Waals surface area contributed by atoms with Gasteiger partial charge in [-0.05, 0) is 12.1 Å². The molecule has 0 spiro atoms. The SMILES string of the molecule is CC(=O)N1CC(C(=O)Nc2ccc(F)c(F)c2)C1. The van der Waals surface area contributed by atoms with Gasteiger partial charge in [0.1, 0.15) is 0 Å². The Balaban J connectivity index is 1.92. The molecule has 0 atom stereocenters. The Morgan fingerprint density at radius 2 is 1.94 bits per heavy atom. The standard InChI is InChI=1S/C12H12F2N2O2/c1-7(17)16-5-8(6-16)12(18)15-9-2-3-10(13)11(14)4-9/h2-4,8H,5-6H2,1H3,(H,15,18). The monoisotopic (exact) mass is 254 g/mol. The Morgan fingerprint density at radius 3 is 2.50 bits per heavy atom. The summed E-state index contributed by atoms with van der Waals surface area (Å²) in [5.74, 6) is -2.63. The quantitative estimate of drug-likeness (QED) is 0.866. The first kappa shape index (κ1) is 12.5. The van der Waals surface area contributed by atoms with Crippen LogP contribution in [0.3, 0.4) is 0 Å². The molecular weight excluding hydrogens is 242 g/mol. The molecule has 96 valence electrons. The minimum atomic E-state index is -1.01. The molecule has 1 aliphatic rings. The summed E-state index contributed by atoms with van der Waals surface area (Å²) in [4.78, 5) is 24.2. The van der Waals surface area contributed by atoms with Crippen molar-refractivity contribution in [2.24, 2.45) is 5.92 Å². The van der Waals surface area contributed by atoms with Crippen LogP contribution in [0.5, 0.6) is 0 Å². The van der Waals surface area contributed by atoms with E-state index >= 15 is 0 Å². The zero-order chi connectivity index (χ0) is 13.3. The summed E-state index contributed by atoms with van der Waals surface area (Å²) in [7, 11) is 0. The molecule has 1 N–H and O–H groups in total. The molecule has 0 radical (unpaired) electrons. The van der Waals surface area contributed by atoms with Crippen LogP contribution in [0, 0.1) is 17.6 Å². The highest BCUT2D eigenvalue weighted by Crippen LogP contribution is 2.19. The molecule has 4 nitrogen and oxygen atoms in total. The van der Waals surface area contributed by atoms with E-state index < -0.39 is 11.6 Å². The molecule has 0 aromatic heterocycles. The van der Waals surface area contributed by atoms with Gasteiger partial charge in [0.05, 0.1) is 5.92 Å². The predicted octanol–water partition coefficient (Wildman–Crippen LogP) is 1.38. The van der Waals surface area contributed by atoms with Crippen LogP contribution in [-0.2, 0) is 9.59 Å². The predicted molar refractivity (Wildman–Crippen MR) is 60.7 cm³/mol. The maximum absolute atomic E-state index is 12.9. The Bertz CT molecular complexity index is 499. The van der Waals surface area contributed by atoms with Crippen molar-refractivity contribution in [3.63, 3.8) is 0 Å². The molecule has 1 aromatic rings. The Morgan fingerprint density at radius 1 is 1.28 bits per heavy atom. The fourth-order valence-electron chi connectivity index (χ4n) is 1.72. The highest BCUT2D eigenvalue weighted by molar-refractivity contribution is 5.94. The molecule has 6 heteroatoms. The van der Waals surface area contributed by atoms with Gasteiger partial charge >= 0.3 is 0 Å². The molecule has 1 aromatic carbocycles. The number of carbonyl (C=O) groups excluding carboxylic acids is 2. The topological polar surface area (TPSA) is 49.4 Å². The van der Waals surface area contributed by atoms with E-state index in [1.54, 1.807) is 0 Å². The van der Waals surface area contributed by atoms with Gasteiger partial charge in [0.25, 0.3) is 0 Å². The van der Waals surface area contributed by atoms with Gasteiger partial charge in [0.15, 0.2) is 11.6 Å². The lowest BCUT2D eigenvalue weighted by molar-refractivity contribution is -0.139. The van der Waals surface area contributed by atoms with E-state index in [2.05, 4.69) is 5.32 Å². The lowest BCUT2D eigenvalue weighted by atomic mass is 9.99. The van der Waals surface area contributed by atoms with Crippen molar-refractivity contribution in [1.29, 1.82) is 0 Å². The van der Waals surface area contributed by atoms with E-state index in [9.17, 15) is 18.4 Å². The number of amides is 2. The van der Waals surface area contributed by atoms with E-state index in [-0.39, 0.29) is 23.4 Å². The lowest BCUT2D eigenvalue weighted by Gasteiger charge is -2.37. The second-order valence-corrected chi connectivity index (χ2v) is 4.24. The number of nitrogens with zero attached hydrogens (tertiary/aromatic N) is 1. The van der Waals surface area contributed by atoms with E-state index in [1.807, 2.05) is 0 Å². The summed E-state index contributed by atoms with van der Waals surface area (Å²) in [5, 5.41) is 2.49. The first-order valence-electron chi connectivity index (χ1n) is 5.49. The zero-order valence-electron chi connectivity index (χ0n) is 9.74. The summed E-state index contributed by atoms with van der Waals surface area (Å²) in [5.41, 5.74) is 0.208. The van der Waals surface area contributed by atoms with Crippen molar-refractivity contribution in [1.82, 2.24) is 4.90 Å². The van der Waals surface area contributed by atoms with Gasteiger partial charge in [0, 0.05) is 31.8 Å². The average Bonchev–Trinajstić information content (AvgIpc) is 2.20. The average molecular weight is 254 g/mol. The third-order valence-corrected chi connectivity index (χ3v) is 2.88. The first-order valence-corrected chi connectivity index (χ1v) is 5.49. The molecule has 0 saturated carbocycles.